The van der Waals surface area contributed by atoms with Crippen molar-refractivity contribution < 1.29 is 9.47 Å². The number of pyridine rings is 1. The van der Waals surface area contributed by atoms with Gasteiger partial charge in [0.15, 0.2) is 0 Å². The van der Waals surface area contributed by atoms with Gasteiger partial charge in [0.25, 0.3) is 0 Å². The van der Waals surface area contributed by atoms with Crippen LogP contribution in [0.1, 0.15) is 68.5 Å². The largest absolute Gasteiger partial charge is 0.490 e. The molecule has 0 spiro atoms. The van der Waals surface area contributed by atoms with E-state index in [1.54, 1.807) is 0 Å². The molecular formula is C33H44N2O2. The maximum Gasteiger partial charge on any atom is 0.128 e. The van der Waals surface area contributed by atoms with E-state index >= 15 is 0 Å². The molecular weight excluding hydrogens is 456 g/mol. The third-order valence-electron chi connectivity index (χ3n) is 7.26. The van der Waals surface area contributed by atoms with Crippen LogP contribution in [0.3, 0.4) is 0 Å². The Labute approximate surface area is 224 Å². The average molecular weight is 501 g/mol. The molecule has 2 aromatic carbocycles. The van der Waals surface area contributed by atoms with Crippen molar-refractivity contribution in [3.63, 3.8) is 0 Å². The summed E-state index contributed by atoms with van der Waals surface area (Å²) in [6.45, 7) is 15.5. The predicted molar refractivity (Wildman–Crippen MR) is 153 cm³/mol. The Morgan fingerprint density at radius 2 is 1.62 bits per heavy atom. The maximum atomic E-state index is 6.79. The lowest BCUT2D eigenvalue weighted by Gasteiger charge is -2.29. The van der Waals surface area contributed by atoms with E-state index < -0.39 is 0 Å². The van der Waals surface area contributed by atoms with Crippen molar-refractivity contribution in [1.29, 1.82) is 0 Å². The van der Waals surface area contributed by atoms with Crippen LogP contribution in [-0.4, -0.2) is 35.7 Å². The molecule has 0 radical (unpaired) electrons. The Bertz CT molecular complexity index is 1110. The first-order chi connectivity index (χ1) is 18.0. The van der Waals surface area contributed by atoms with Gasteiger partial charge in [-0.15, -0.1) is 0 Å². The Morgan fingerprint density at radius 1 is 0.946 bits per heavy atom. The second kappa shape index (κ2) is 13.2. The van der Waals surface area contributed by atoms with E-state index in [0.717, 1.165) is 75.7 Å². The monoisotopic (exact) mass is 500 g/mol. The molecule has 0 saturated carbocycles. The highest BCUT2D eigenvalue weighted by Crippen LogP contribution is 2.35. The molecule has 1 aliphatic heterocycles. The van der Waals surface area contributed by atoms with E-state index in [1.807, 2.05) is 0 Å². The lowest BCUT2D eigenvalue weighted by Crippen LogP contribution is -2.29. The van der Waals surface area contributed by atoms with Crippen LogP contribution in [0.25, 0.3) is 11.3 Å². The fourth-order valence-electron chi connectivity index (χ4n) is 5.41. The Morgan fingerprint density at radius 3 is 2.24 bits per heavy atom. The van der Waals surface area contributed by atoms with E-state index in [1.165, 1.54) is 27.8 Å². The van der Waals surface area contributed by atoms with Crippen LogP contribution >= 0.6 is 0 Å². The molecule has 2 heterocycles. The lowest BCUT2D eigenvalue weighted by atomic mass is 9.94. The van der Waals surface area contributed by atoms with Crippen LogP contribution in [0.5, 0.6) is 5.75 Å². The molecule has 3 aromatic rings. The van der Waals surface area contributed by atoms with Crippen LogP contribution in [-0.2, 0) is 30.7 Å². The van der Waals surface area contributed by atoms with Crippen molar-refractivity contribution in [2.75, 3.05) is 19.8 Å². The van der Waals surface area contributed by atoms with Gasteiger partial charge in [0, 0.05) is 55.4 Å². The Hall–Kier alpha value is -2.69. The standard InChI is InChI=1S/C33H44N2O2/c1-6-27-14-11-15-28(7-2)33(27)31-20-32(37-29-16-18-36-19-17-29)30(25(5)34-31)23-35(21-24(3)4)22-26-12-9-8-10-13-26/h8-15,20,24,29H,6-7,16-19,21-23H2,1-5H3. The molecule has 0 unspecified atom stereocenters. The molecule has 0 N–H and O–H groups in total. The molecule has 0 bridgehead atoms. The molecule has 0 atom stereocenters. The summed E-state index contributed by atoms with van der Waals surface area (Å²) >= 11 is 0. The van der Waals surface area contributed by atoms with Crippen molar-refractivity contribution in [2.24, 2.45) is 5.92 Å². The topological polar surface area (TPSA) is 34.6 Å². The van der Waals surface area contributed by atoms with Crippen molar-refractivity contribution in [3.8, 4) is 17.0 Å². The van der Waals surface area contributed by atoms with Gasteiger partial charge in [0.05, 0.1) is 18.9 Å². The van der Waals surface area contributed by atoms with E-state index in [-0.39, 0.29) is 6.10 Å². The van der Waals surface area contributed by atoms with Gasteiger partial charge in [0.2, 0.25) is 0 Å². The SMILES string of the molecule is CCc1cccc(CC)c1-c1cc(OC2CCOCC2)c(CN(Cc2ccccc2)CC(C)C)c(C)n1. The summed E-state index contributed by atoms with van der Waals surface area (Å²) in [5, 5.41) is 0. The second-order valence-electron chi connectivity index (χ2n) is 10.7. The van der Waals surface area contributed by atoms with Crippen LogP contribution in [0.15, 0.2) is 54.6 Å². The average Bonchev–Trinajstić information content (AvgIpc) is 2.90. The van der Waals surface area contributed by atoms with Gasteiger partial charge < -0.3 is 9.47 Å². The molecule has 4 rings (SSSR count). The Balaban J connectivity index is 1.75. The van der Waals surface area contributed by atoms with Crippen LogP contribution in [0, 0.1) is 12.8 Å². The summed E-state index contributed by atoms with van der Waals surface area (Å²) in [7, 11) is 0. The second-order valence-corrected chi connectivity index (χ2v) is 10.7. The van der Waals surface area contributed by atoms with Crippen LogP contribution < -0.4 is 4.74 Å². The minimum atomic E-state index is 0.182. The van der Waals surface area contributed by atoms with Gasteiger partial charge in [-0.1, -0.05) is 76.2 Å². The normalized spacial score (nSPS) is 14.5. The van der Waals surface area contributed by atoms with Crippen molar-refractivity contribution in [3.05, 3.63) is 82.5 Å². The zero-order chi connectivity index (χ0) is 26.2. The molecule has 4 heteroatoms. The molecule has 37 heavy (non-hydrogen) atoms. The van der Waals surface area contributed by atoms with Gasteiger partial charge in [-0.2, -0.15) is 0 Å². The minimum Gasteiger partial charge on any atom is -0.490 e. The number of ether oxygens (including phenoxy) is 2. The van der Waals surface area contributed by atoms with Gasteiger partial charge in [-0.25, -0.2) is 0 Å². The summed E-state index contributed by atoms with van der Waals surface area (Å²) < 4.78 is 12.4. The van der Waals surface area contributed by atoms with Gasteiger partial charge in [-0.3, -0.25) is 9.88 Å². The van der Waals surface area contributed by atoms with Crippen LogP contribution in [0.4, 0.5) is 0 Å². The number of aromatic nitrogens is 1. The number of aryl methyl sites for hydroxylation is 3. The fourth-order valence-corrected chi connectivity index (χ4v) is 5.41. The summed E-state index contributed by atoms with van der Waals surface area (Å²) in [4.78, 5) is 7.76. The third-order valence-corrected chi connectivity index (χ3v) is 7.26. The van der Waals surface area contributed by atoms with Gasteiger partial charge in [-0.05, 0) is 42.4 Å². The molecule has 1 fully saturated rings. The number of hydrogen-bond donors (Lipinski definition) is 0. The summed E-state index contributed by atoms with van der Waals surface area (Å²) in [5.74, 6) is 1.56. The quantitative estimate of drug-likeness (QED) is 0.275. The zero-order valence-electron chi connectivity index (χ0n) is 23.4. The van der Waals surface area contributed by atoms with Crippen LogP contribution in [0.2, 0.25) is 0 Å². The summed E-state index contributed by atoms with van der Waals surface area (Å²) in [6, 6.07) is 19.6. The third kappa shape index (κ3) is 7.21. The first-order valence-corrected chi connectivity index (χ1v) is 14.1. The lowest BCUT2D eigenvalue weighted by molar-refractivity contribution is 0.0248. The highest BCUT2D eigenvalue weighted by molar-refractivity contribution is 5.70. The molecule has 198 valence electrons. The number of benzene rings is 2. The zero-order valence-corrected chi connectivity index (χ0v) is 23.4. The number of hydrogen-bond acceptors (Lipinski definition) is 4. The van der Waals surface area contributed by atoms with Crippen molar-refractivity contribution in [2.45, 2.75) is 79.5 Å². The van der Waals surface area contributed by atoms with E-state index in [2.05, 4.69) is 94.1 Å². The van der Waals surface area contributed by atoms with Crippen molar-refractivity contribution in [1.82, 2.24) is 9.88 Å². The fraction of sp³-hybridized carbons (Fsp3) is 0.485. The van der Waals surface area contributed by atoms with Crippen molar-refractivity contribution >= 4 is 0 Å². The van der Waals surface area contributed by atoms with E-state index in [4.69, 9.17) is 14.5 Å². The number of nitrogens with zero attached hydrogens (tertiary/aromatic N) is 2. The molecule has 1 aromatic heterocycles. The first-order valence-electron chi connectivity index (χ1n) is 14.1. The van der Waals surface area contributed by atoms with Gasteiger partial charge in [0.1, 0.15) is 11.9 Å². The smallest absolute Gasteiger partial charge is 0.128 e. The highest BCUT2D eigenvalue weighted by Gasteiger charge is 2.22. The number of rotatable bonds is 11. The molecule has 1 aliphatic rings. The predicted octanol–water partition coefficient (Wildman–Crippen LogP) is 7.40. The van der Waals surface area contributed by atoms with E-state index in [0.29, 0.717) is 5.92 Å². The van der Waals surface area contributed by atoms with Gasteiger partial charge >= 0.3 is 0 Å². The molecule has 0 aliphatic carbocycles. The minimum absolute atomic E-state index is 0.182. The Kier molecular flexibility index (Phi) is 9.76. The molecule has 1 saturated heterocycles. The summed E-state index contributed by atoms with van der Waals surface area (Å²) in [5.41, 5.74) is 8.62. The summed E-state index contributed by atoms with van der Waals surface area (Å²) in [6.07, 6.45) is 4.02. The highest BCUT2D eigenvalue weighted by atomic mass is 16.5. The van der Waals surface area contributed by atoms with E-state index in [9.17, 15) is 0 Å². The molecule has 4 nitrogen and oxygen atoms in total. The molecule has 0 amide bonds. The maximum absolute atomic E-state index is 6.79. The first kappa shape index (κ1) is 27.3.